The lowest BCUT2D eigenvalue weighted by molar-refractivity contribution is -0.130. The predicted molar refractivity (Wildman–Crippen MR) is 142 cm³/mol. The number of hydrogen-bond donors (Lipinski definition) is 2. The average molecular weight is 488 g/mol. The Morgan fingerprint density at radius 1 is 0.857 bits per heavy atom. The van der Waals surface area contributed by atoms with E-state index < -0.39 is 0 Å². The van der Waals surface area contributed by atoms with Crippen molar-refractivity contribution in [3.8, 4) is 0 Å². The van der Waals surface area contributed by atoms with Crippen LogP contribution in [0.15, 0.2) is 91.0 Å². The molecule has 3 amide bonds. The summed E-state index contributed by atoms with van der Waals surface area (Å²) in [7, 11) is 0. The van der Waals surface area contributed by atoms with Crippen molar-refractivity contribution in [1.82, 2.24) is 10.2 Å². The number of carbonyl (C=O) groups is 2. The summed E-state index contributed by atoms with van der Waals surface area (Å²) in [5.74, 6) is 0.141. The van der Waals surface area contributed by atoms with E-state index >= 15 is 0 Å². The van der Waals surface area contributed by atoms with Crippen LogP contribution in [0, 0.1) is 0 Å². The minimum atomic E-state index is -0.343. The molecule has 0 saturated carbocycles. The van der Waals surface area contributed by atoms with Crippen LogP contribution < -0.4 is 10.6 Å². The summed E-state index contributed by atoms with van der Waals surface area (Å²) in [4.78, 5) is 27.6. The van der Waals surface area contributed by atoms with Crippen molar-refractivity contribution in [2.24, 2.45) is 0 Å². The molecule has 5 nitrogen and oxygen atoms in total. The first-order chi connectivity index (χ1) is 17.1. The van der Waals surface area contributed by atoms with Gasteiger partial charge in [0.05, 0.1) is 6.04 Å². The van der Waals surface area contributed by atoms with Gasteiger partial charge < -0.3 is 15.5 Å². The molecule has 3 aromatic rings. The molecule has 0 aliphatic carbocycles. The van der Waals surface area contributed by atoms with Gasteiger partial charge in [-0.05, 0) is 60.2 Å². The second kappa shape index (κ2) is 12.2. The number of urea groups is 1. The first-order valence-electron chi connectivity index (χ1n) is 12.0. The molecule has 3 aromatic carbocycles. The van der Waals surface area contributed by atoms with Gasteiger partial charge in [-0.2, -0.15) is 0 Å². The van der Waals surface area contributed by atoms with Crippen LogP contribution in [0.5, 0.6) is 0 Å². The molecule has 35 heavy (non-hydrogen) atoms. The second-order valence-corrected chi connectivity index (χ2v) is 9.09. The molecule has 1 atom stereocenters. The van der Waals surface area contributed by atoms with E-state index in [4.69, 9.17) is 11.6 Å². The highest BCUT2D eigenvalue weighted by Crippen LogP contribution is 2.25. The van der Waals surface area contributed by atoms with Gasteiger partial charge in [0, 0.05) is 30.2 Å². The van der Waals surface area contributed by atoms with Crippen molar-refractivity contribution in [3.05, 3.63) is 107 Å². The number of benzene rings is 3. The van der Waals surface area contributed by atoms with Crippen molar-refractivity contribution in [2.75, 3.05) is 18.4 Å². The molecule has 0 bridgehead atoms. The molecule has 0 aromatic heterocycles. The van der Waals surface area contributed by atoms with Crippen LogP contribution in [0.3, 0.4) is 0 Å². The number of carbonyl (C=O) groups excluding carboxylic acids is 2. The van der Waals surface area contributed by atoms with Gasteiger partial charge in [0.25, 0.3) is 0 Å². The van der Waals surface area contributed by atoms with E-state index in [0.717, 1.165) is 42.6 Å². The van der Waals surface area contributed by atoms with Crippen LogP contribution in [0.25, 0.3) is 5.57 Å². The number of amides is 3. The molecule has 4 rings (SSSR count). The second-order valence-electron chi connectivity index (χ2n) is 8.65. The Balaban J connectivity index is 1.57. The first kappa shape index (κ1) is 24.6. The first-order valence-corrected chi connectivity index (χ1v) is 12.4. The Morgan fingerprint density at radius 3 is 2.00 bits per heavy atom. The van der Waals surface area contributed by atoms with Gasteiger partial charge in [-0.1, -0.05) is 78.3 Å². The lowest BCUT2D eigenvalue weighted by Crippen LogP contribution is -2.38. The van der Waals surface area contributed by atoms with E-state index in [0.29, 0.717) is 23.6 Å². The van der Waals surface area contributed by atoms with Crippen LogP contribution >= 0.6 is 11.6 Å². The minimum absolute atomic E-state index is 0.141. The molecule has 0 spiro atoms. The van der Waals surface area contributed by atoms with Crippen molar-refractivity contribution in [1.29, 1.82) is 0 Å². The lowest BCUT2D eigenvalue weighted by Gasteiger charge is -2.20. The van der Waals surface area contributed by atoms with Crippen LogP contribution in [-0.4, -0.2) is 36.0 Å². The number of nitrogens with one attached hydrogen (secondary N) is 2. The lowest BCUT2D eigenvalue weighted by atomic mass is 9.94. The molecule has 1 aliphatic rings. The fourth-order valence-electron chi connectivity index (χ4n) is 4.27. The summed E-state index contributed by atoms with van der Waals surface area (Å²) in [6.45, 7) is 1.65. The number of hydrogen-bond acceptors (Lipinski definition) is 2. The zero-order valence-electron chi connectivity index (χ0n) is 19.6. The Morgan fingerprint density at radius 2 is 1.43 bits per heavy atom. The number of rotatable bonds is 8. The van der Waals surface area contributed by atoms with Crippen molar-refractivity contribution in [3.63, 3.8) is 0 Å². The van der Waals surface area contributed by atoms with E-state index in [2.05, 4.69) is 41.0 Å². The number of nitrogens with zero attached hydrogens (tertiary/aromatic N) is 1. The topological polar surface area (TPSA) is 61.4 Å². The van der Waals surface area contributed by atoms with Gasteiger partial charge in [0.15, 0.2) is 0 Å². The van der Waals surface area contributed by atoms with Crippen LogP contribution in [0.2, 0.25) is 5.02 Å². The van der Waals surface area contributed by atoms with Gasteiger partial charge in [-0.25, -0.2) is 4.79 Å². The molecule has 1 saturated heterocycles. The molecule has 1 aliphatic heterocycles. The Labute approximate surface area is 211 Å². The molecule has 0 radical (unpaired) electrons. The number of likely N-dealkylation sites (tertiary alicyclic amines) is 1. The fraction of sp³-hybridized carbons (Fsp3) is 0.241. The summed E-state index contributed by atoms with van der Waals surface area (Å²) >= 11 is 5.96. The number of anilines is 1. The van der Waals surface area contributed by atoms with E-state index in [-0.39, 0.29) is 18.0 Å². The van der Waals surface area contributed by atoms with Crippen LogP contribution in [-0.2, 0) is 4.79 Å². The summed E-state index contributed by atoms with van der Waals surface area (Å²) in [6.07, 6.45) is 5.06. The predicted octanol–water partition coefficient (Wildman–Crippen LogP) is 6.36. The smallest absolute Gasteiger partial charge is 0.319 e. The molecule has 180 valence electrons. The Kier molecular flexibility index (Phi) is 8.58. The van der Waals surface area contributed by atoms with E-state index in [1.807, 2.05) is 41.3 Å². The van der Waals surface area contributed by atoms with Gasteiger partial charge in [0.1, 0.15) is 0 Å². The summed E-state index contributed by atoms with van der Waals surface area (Å²) < 4.78 is 0. The zero-order chi connectivity index (χ0) is 24.5. The number of halogens is 1. The van der Waals surface area contributed by atoms with E-state index in [9.17, 15) is 9.59 Å². The molecule has 6 heteroatoms. The highest BCUT2D eigenvalue weighted by atomic mass is 35.5. The zero-order valence-corrected chi connectivity index (χ0v) is 20.4. The Bertz CT molecular complexity index is 1100. The monoisotopic (exact) mass is 487 g/mol. The third-order valence-electron chi connectivity index (χ3n) is 6.08. The molecule has 1 fully saturated rings. The van der Waals surface area contributed by atoms with Crippen molar-refractivity contribution in [2.45, 2.75) is 31.7 Å². The van der Waals surface area contributed by atoms with Gasteiger partial charge in [0.2, 0.25) is 5.91 Å². The Hall–Kier alpha value is -3.57. The summed E-state index contributed by atoms with van der Waals surface area (Å²) in [6, 6.07) is 26.5. The highest BCUT2D eigenvalue weighted by molar-refractivity contribution is 6.30. The third kappa shape index (κ3) is 7.20. The summed E-state index contributed by atoms with van der Waals surface area (Å²) in [5.41, 5.74) is 3.76. The molecular formula is C29H30ClN3O2. The maximum Gasteiger partial charge on any atom is 0.319 e. The minimum Gasteiger partial charge on any atom is -0.343 e. The third-order valence-corrected chi connectivity index (χ3v) is 6.34. The van der Waals surface area contributed by atoms with Gasteiger partial charge in [-0.3, -0.25) is 4.79 Å². The fourth-order valence-corrected chi connectivity index (χ4v) is 4.39. The summed E-state index contributed by atoms with van der Waals surface area (Å²) in [5, 5.41) is 6.53. The maximum absolute atomic E-state index is 12.9. The normalized spacial score (nSPS) is 13.7. The quantitative estimate of drug-likeness (QED) is 0.388. The molecule has 1 heterocycles. The highest BCUT2D eigenvalue weighted by Gasteiger charge is 2.20. The van der Waals surface area contributed by atoms with Crippen molar-refractivity contribution >= 4 is 34.8 Å². The van der Waals surface area contributed by atoms with Gasteiger partial charge in [-0.15, -0.1) is 0 Å². The van der Waals surface area contributed by atoms with E-state index in [1.165, 1.54) is 0 Å². The van der Waals surface area contributed by atoms with Crippen molar-refractivity contribution < 1.29 is 9.59 Å². The average Bonchev–Trinajstić information content (AvgIpc) is 3.43. The van der Waals surface area contributed by atoms with Gasteiger partial charge >= 0.3 is 6.03 Å². The molecular weight excluding hydrogens is 458 g/mol. The van der Waals surface area contributed by atoms with Crippen LogP contribution in [0.4, 0.5) is 10.5 Å². The SMILES string of the molecule is O=C(Nc1ccc(Cl)cc1)NC(C=C(c1ccccc1)c1ccccc1)CCC(=O)N1CCCC1. The standard InChI is InChI=1S/C29H30ClN3O2/c30-24-13-15-25(16-14-24)31-29(35)32-26(17-18-28(34)33-19-7-8-20-33)21-27(22-9-3-1-4-10-22)23-11-5-2-6-12-23/h1-6,9-16,21,26H,7-8,17-20H2,(H2,31,32,35). The van der Waals surface area contributed by atoms with E-state index in [1.54, 1.807) is 24.3 Å². The van der Waals surface area contributed by atoms with Crippen LogP contribution in [0.1, 0.15) is 36.8 Å². The molecule has 2 N–H and O–H groups in total. The molecule has 1 unspecified atom stereocenters. The maximum atomic E-state index is 12.9. The largest absolute Gasteiger partial charge is 0.343 e.